The van der Waals surface area contributed by atoms with E-state index in [4.69, 9.17) is 5.73 Å². The fourth-order valence-electron chi connectivity index (χ4n) is 1.57. The van der Waals surface area contributed by atoms with Crippen LogP contribution in [0, 0.1) is 0 Å². The molecule has 1 rings (SSSR count). The van der Waals surface area contributed by atoms with Gasteiger partial charge in [-0.3, -0.25) is 4.79 Å². The maximum absolute atomic E-state index is 11.7. The average Bonchev–Trinajstić information content (AvgIpc) is 2.15. The number of hydrogen-bond donors (Lipinski definition) is 1. The minimum absolute atomic E-state index is 0.131. The fourth-order valence-corrected chi connectivity index (χ4v) is 1.57. The lowest BCUT2D eigenvalue weighted by Gasteiger charge is -2.32. The number of likely N-dealkylation sites (N-methyl/N-ethyl adjacent to an activating group) is 1. The van der Waals surface area contributed by atoms with Gasteiger partial charge in [-0.2, -0.15) is 0 Å². The molecule has 0 aromatic rings. The highest BCUT2D eigenvalue weighted by Gasteiger charge is 2.18. The highest BCUT2D eigenvalue weighted by molar-refractivity contribution is 5.76. The average molecular weight is 199 g/mol. The SMILES string of the molecule is CC(N)CCC(=O)N1CCN(C)CC1. The molecule has 82 valence electrons. The van der Waals surface area contributed by atoms with Crippen LogP contribution in [0.25, 0.3) is 0 Å². The van der Waals surface area contributed by atoms with Crippen molar-refractivity contribution in [3.05, 3.63) is 0 Å². The van der Waals surface area contributed by atoms with Crippen molar-refractivity contribution in [1.82, 2.24) is 9.80 Å². The number of nitrogens with zero attached hydrogens (tertiary/aromatic N) is 2. The second-order valence-electron chi connectivity index (χ2n) is 4.20. The predicted octanol–water partition coefficient (Wildman–Crippen LogP) is -0.112. The lowest BCUT2D eigenvalue weighted by atomic mass is 10.1. The molecular weight excluding hydrogens is 178 g/mol. The van der Waals surface area contributed by atoms with Gasteiger partial charge in [0.05, 0.1) is 0 Å². The topological polar surface area (TPSA) is 49.6 Å². The van der Waals surface area contributed by atoms with Gasteiger partial charge in [-0.25, -0.2) is 0 Å². The Labute approximate surface area is 86.0 Å². The van der Waals surface area contributed by atoms with E-state index in [1.54, 1.807) is 0 Å². The van der Waals surface area contributed by atoms with Gasteiger partial charge in [-0.05, 0) is 20.4 Å². The van der Waals surface area contributed by atoms with Crippen LogP contribution in [0.1, 0.15) is 19.8 Å². The van der Waals surface area contributed by atoms with Gasteiger partial charge in [-0.15, -0.1) is 0 Å². The molecular formula is C10H21N3O. The van der Waals surface area contributed by atoms with Crippen molar-refractivity contribution >= 4 is 5.91 Å². The van der Waals surface area contributed by atoms with Crippen LogP contribution in [0.15, 0.2) is 0 Å². The molecule has 1 aliphatic heterocycles. The summed E-state index contributed by atoms with van der Waals surface area (Å²) < 4.78 is 0. The highest BCUT2D eigenvalue weighted by Crippen LogP contribution is 2.04. The molecule has 0 radical (unpaired) electrons. The second-order valence-corrected chi connectivity index (χ2v) is 4.20. The molecule has 0 spiro atoms. The number of amides is 1. The summed E-state index contributed by atoms with van der Waals surface area (Å²) in [6.45, 7) is 5.66. The molecule has 1 aliphatic rings. The van der Waals surface area contributed by atoms with Gasteiger partial charge in [0.2, 0.25) is 5.91 Å². The molecule has 1 fully saturated rings. The summed E-state index contributed by atoms with van der Waals surface area (Å²) in [6.07, 6.45) is 1.40. The number of piperazine rings is 1. The second kappa shape index (κ2) is 5.32. The molecule has 4 heteroatoms. The molecule has 4 nitrogen and oxygen atoms in total. The molecule has 0 bridgehead atoms. The minimum atomic E-state index is 0.131. The van der Waals surface area contributed by atoms with Crippen molar-refractivity contribution in [1.29, 1.82) is 0 Å². The van der Waals surface area contributed by atoms with Crippen LogP contribution < -0.4 is 5.73 Å². The number of carbonyl (C=O) groups is 1. The normalized spacial score (nSPS) is 20.9. The van der Waals surface area contributed by atoms with Gasteiger partial charge < -0.3 is 15.5 Å². The van der Waals surface area contributed by atoms with Gasteiger partial charge in [0.25, 0.3) is 0 Å². The molecule has 1 amide bonds. The number of carbonyl (C=O) groups excluding carboxylic acids is 1. The molecule has 0 aromatic carbocycles. The number of hydrogen-bond acceptors (Lipinski definition) is 3. The van der Waals surface area contributed by atoms with Crippen molar-refractivity contribution in [2.45, 2.75) is 25.8 Å². The molecule has 1 saturated heterocycles. The number of nitrogens with two attached hydrogens (primary N) is 1. The molecule has 14 heavy (non-hydrogen) atoms. The first kappa shape index (κ1) is 11.5. The zero-order valence-electron chi connectivity index (χ0n) is 9.20. The molecule has 1 unspecified atom stereocenters. The smallest absolute Gasteiger partial charge is 0.222 e. The van der Waals surface area contributed by atoms with Gasteiger partial charge in [0.1, 0.15) is 0 Å². The first-order chi connectivity index (χ1) is 6.59. The Kier molecular flexibility index (Phi) is 4.35. The van der Waals surface area contributed by atoms with Gasteiger partial charge in [-0.1, -0.05) is 0 Å². The molecule has 0 saturated carbocycles. The van der Waals surface area contributed by atoms with E-state index in [0.29, 0.717) is 6.42 Å². The third-order valence-corrected chi connectivity index (χ3v) is 2.67. The van der Waals surface area contributed by atoms with E-state index in [9.17, 15) is 4.79 Å². The Hall–Kier alpha value is -0.610. The van der Waals surface area contributed by atoms with Crippen LogP contribution in [-0.4, -0.2) is 55.0 Å². The fraction of sp³-hybridized carbons (Fsp3) is 0.900. The van der Waals surface area contributed by atoms with E-state index < -0.39 is 0 Å². The quantitative estimate of drug-likeness (QED) is 0.690. The van der Waals surface area contributed by atoms with E-state index in [-0.39, 0.29) is 11.9 Å². The molecule has 1 atom stereocenters. The Bertz CT molecular complexity index is 186. The van der Waals surface area contributed by atoms with Gasteiger partial charge in [0, 0.05) is 38.6 Å². The third-order valence-electron chi connectivity index (χ3n) is 2.67. The third kappa shape index (κ3) is 3.64. The maximum Gasteiger partial charge on any atom is 0.222 e. The highest BCUT2D eigenvalue weighted by atomic mass is 16.2. The van der Waals surface area contributed by atoms with Crippen molar-refractivity contribution in [3.8, 4) is 0 Å². The zero-order chi connectivity index (χ0) is 10.6. The minimum Gasteiger partial charge on any atom is -0.340 e. The zero-order valence-corrected chi connectivity index (χ0v) is 9.20. The molecule has 0 aromatic heterocycles. The molecule has 1 heterocycles. The summed E-state index contributed by atoms with van der Waals surface area (Å²) in [5, 5.41) is 0. The molecule has 0 aliphatic carbocycles. The van der Waals surface area contributed by atoms with E-state index in [2.05, 4.69) is 11.9 Å². The summed E-state index contributed by atoms with van der Waals surface area (Å²) >= 11 is 0. The van der Waals surface area contributed by atoms with Crippen LogP contribution in [-0.2, 0) is 4.79 Å². The Morgan fingerprint density at radius 1 is 1.36 bits per heavy atom. The largest absolute Gasteiger partial charge is 0.340 e. The van der Waals surface area contributed by atoms with E-state index in [1.165, 1.54) is 0 Å². The van der Waals surface area contributed by atoms with Crippen LogP contribution in [0.5, 0.6) is 0 Å². The summed E-state index contributed by atoms with van der Waals surface area (Å²) in [7, 11) is 2.09. The molecule has 2 N–H and O–H groups in total. The van der Waals surface area contributed by atoms with E-state index in [1.807, 2.05) is 11.8 Å². The maximum atomic E-state index is 11.7. The van der Waals surface area contributed by atoms with Crippen LogP contribution in [0.4, 0.5) is 0 Å². The summed E-state index contributed by atoms with van der Waals surface area (Å²) in [5.41, 5.74) is 5.61. The standard InChI is InChI=1S/C10H21N3O/c1-9(11)3-4-10(14)13-7-5-12(2)6-8-13/h9H,3-8,11H2,1-2H3. The number of rotatable bonds is 3. The van der Waals surface area contributed by atoms with E-state index >= 15 is 0 Å². The summed E-state index contributed by atoms with van der Waals surface area (Å²) in [4.78, 5) is 15.9. The Morgan fingerprint density at radius 2 is 1.93 bits per heavy atom. The van der Waals surface area contributed by atoms with Crippen molar-refractivity contribution in [2.24, 2.45) is 5.73 Å². The van der Waals surface area contributed by atoms with Crippen molar-refractivity contribution in [3.63, 3.8) is 0 Å². The van der Waals surface area contributed by atoms with Crippen molar-refractivity contribution < 1.29 is 4.79 Å². The van der Waals surface area contributed by atoms with Crippen LogP contribution in [0.3, 0.4) is 0 Å². The van der Waals surface area contributed by atoms with E-state index in [0.717, 1.165) is 32.6 Å². The van der Waals surface area contributed by atoms with Crippen LogP contribution in [0.2, 0.25) is 0 Å². The summed E-state index contributed by atoms with van der Waals surface area (Å²) in [5.74, 6) is 0.260. The lowest BCUT2D eigenvalue weighted by Crippen LogP contribution is -2.47. The lowest BCUT2D eigenvalue weighted by molar-refractivity contribution is -0.132. The Morgan fingerprint density at radius 3 is 2.43 bits per heavy atom. The Balaban J connectivity index is 2.24. The first-order valence-corrected chi connectivity index (χ1v) is 5.31. The van der Waals surface area contributed by atoms with Crippen molar-refractivity contribution in [2.75, 3.05) is 33.2 Å². The predicted molar refractivity (Wildman–Crippen MR) is 57.0 cm³/mol. The van der Waals surface area contributed by atoms with Gasteiger partial charge in [0.15, 0.2) is 0 Å². The van der Waals surface area contributed by atoms with Gasteiger partial charge >= 0.3 is 0 Å². The summed E-state index contributed by atoms with van der Waals surface area (Å²) in [6, 6.07) is 0.131. The first-order valence-electron chi connectivity index (χ1n) is 5.31. The van der Waals surface area contributed by atoms with Crippen LogP contribution >= 0.6 is 0 Å². The monoisotopic (exact) mass is 199 g/mol.